The normalized spacial score (nSPS) is 18.2. The summed E-state index contributed by atoms with van der Waals surface area (Å²) < 4.78 is 0. The van der Waals surface area contributed by atoms with E-state index in [1.165, 1.54) is 11.3 Å². The van der Waals surface area contributed by atoms with Crippen LogP contribution >= 0.6 is 11.3 Å². The van der Waals surface area contributed by atoms with Gasteiger partial charge < -0.3 is 10.6 Å². The van der Waals surface area contributed by atoms with Gasteiger partial charge in [0.1, 0.15) is 4.88 Å². The average molecular weight is 255 g/mol. The first kappa shape index (κ1) is 12.3. The van der Waals surface area contributed by atoms with Crippen LogP contribution in [-0.4, -0.2) is 54.0 Å². The number of amides is 1. The number of aryl methyl sites for hydroxylation is 1. The fraction of sp³-hybridized carbons (Fsp3) is 0.600. The number of piperazine rings is 1. The summed E-state index contributed by atoms with van der Waals surface area (Å²) in [5.41, 5.74) is 9.16. The van der Waals surface area contributed by atoms with Gasteiger partial charge in [-0.2, -0.15) is 0 Å². The largest absolute Gasteiger partial charge is 0.375 e. The predicted molar refractivity (Wildman–Crippen MR) is 67.8 cm³/mol. The van der Waals surface area contributed by atoms with E-state index >= 15 is 0 Å². The van der Waals surface area contributed by atoms with E-state index in [9.17, 15) is 4.79 Å². The minimum absolute atomic E-state index is 0.110. The molecule has 3 N–H and O–H groups in total. The molecule has 0 bridgehead atoms. The van der Waals surface area contributed by atoms with Crippen LogP contribution in [0, 0.1) is 6.92 Å². The molecule has 7 heteroatoms. The number of anilines is 1. The number of rotatable bonds is 2. The number of thiazole rings is 1. The first-order valence-electron chi connectivity index (χ1n) is 5.53. The van der Waals surface area contributed by atoms with Gasteiger partial charge in [-0.05, 0) is 14.0 Å². The van der Waals surface area contributed by atoms with E-state index in [1.54, 1.807) is 6.92 Å². The standard InChI is InChI=1S/C10H17N5OS/c1-7-8(17-10(11)12-7)9(16)13-15-5-3-14(2)4-6-15/h3-6H2,1-2H3,(H2,11,12)(H,13,16). The molecule has 0 saturated carbocycles. The van der Waals surface area contributed by atoms with Crippen LogP contribution in [0.3, 0.4) is 0 Å². The quantitative estimate of drug-likeness (QED) is 0.773. The van der Waals surface area contributed by atoms with Crippen LogP contribution in [0.1, 0.15) is 15.4 Å². The van der Waals surface area contributed by atoms with Gasteiger partial charge in [0.15, 0.2) is 5.13 Å². The lowest BCUT2D eigenvalue weighted by molar-refractivity contribution is 0.0665. The molecule has 94 valence electrons. The number of nitrogens with one attached hydrogen (secondary N) is 1. The predicted octanol–water partition coefficient (Wildman–Crippen LogP) is -0.0741. The number of nitrogen functional groups attached to an aromatic ring is 1. The van der Waals surface area contributed by atoms with Crippen molar-refractivity contribution in [2.75, 3.05) is 39.0 Å². The van der Waals surface area contributed by atoms with Gasteiger partial charge in [0.05, 0.1) is 5.69 Å². The number of hydrogen-bond acceptors (Lipinski definition) is 6. The zero-order valence-electron chi connectivity index (χ0n) is 10.1. The highest BCUT2D eigenvalue weighted by Gasteiger charge is 2.19. The summed E-state index contributed by atoms with van der Waals surface area (Å²) in [7, 11) is 2.08. The molecule has 1 aliphatic rings. The molecule has 0 aliphatic carbocycles. The molecule has 1 aliphatic heterocycles. The van der Waals surface area contributed by atoms with Crippen LogP contribution in [-0.2, 0) is 0 Å². The summed E-state index contributed by atoms with van der Waals surface area (Å²) in [5.74, 6) is -0.110. The lowest BCUT2D eigenvalue weighted by Crippen LogP contribution is -2.52. The molecule has 0 spiro atoms. The third-order valence-corrected chi connectivity index (χ3v) is 3.77. The van der Waals surface area contributed by atoms with E-state index in [1.807, 2.05) is 5.01 Å². The van der Waals surface area contributed by atoms with Gasteiger partial charge >= 0.3 is 0 Å². The molecule has 0 unspecified atom stereocenters. The van der Waals surface area contributed by atoms with Crippen molar-refractivity contribution in [2.24, 2.45) is 0 Å². The molecule has 1 aromatic rings. The molecule has 1 aromatic heterocycles. The number of hydrazine groups is 1. The first-order chi connectivity index (χ1) is 8.06. The fourth-order valence-corrected chi connectivity index (χ4v) is 2.46. The fourth-order valence-electron chi connectivity index (χ4n) is 1.74. The minimum Gasteiger partial charge on any atom is -0.375 e. The van der Waals surface area contributed by atoms with Crippen molar-refractivity contribution < 1.29 is 4.79 Å². The Labute approximate surface area is 104 Å². The summed E-state index contributed by atoms with van der Waals surface area (Å²) in [6.45, 7) is 5.41. The van der Waals surface area contributed by atoms with Crippen LogP contribution in [0.15, 0.2) is 0 Å². The molecule has 1 saturated heterocycles. The van der Waals surface area contributed by atoms with Gasteiger partial charge in [0.2, 0.25) is 0 Å². The highest BCUT2D eigenvalue weighted by molar-refractivity contribution is 7.17. The highest BCUT2D eigenvalue weighted by Crippen LogP contribution is 2.19. The third kappa shape index (κ3) is 2.93. The van der Waals surface area contributed by atoms with Crippen molar-refractivity contribution in [1.29, 1.82) is 0 Å². The van der Waals surface area contributed by atoms with Crippen molar-refractivity contribution in [1.82, 2.24) is 20.3 Å². The van der Waals surface area contributed by atoms with Crippen LogP contribution in [0.4, 0.5) is 5.13 Å². The molecule has 1 fully saturated rings. The average Bonchev–Trinajstić information content (AvgIpc) is 2.61. The zero-order valence-corrected chi connectivity index (χ0v) is 10.9. The van der Waals surface area contributed by atoms with Crippen molar-refractivity contribution >= 4 is 22.4 Å². The van der Waals surface area contributed by atoms with Gasteiger partial charge in [0, 0.05) is 26.2 Å². The van der Waals surface area contributed by atoms with Crippen molar-refractivity contribution in [3.63, 3.8) is 0 Å². The van der Waals surface area contributed by atoms with E-state index in [4.69, 9.17) is 5.73 Å². The Morgan fingerprint density at radius 1 is 1.41 bits per heavy atom. The molecule has 2 rings (SSSR count). The molecular weight excluding hydrogens is 238 g/mol. The van der Waals surface area contributed by atoms with Crippen molar-refractivity contribution in [3.8, 4) is 0 Å². The maximum Gasteiger partial charge on any atom is 0.277 e. The van der Waals surface area contributed by atoms with Crippen LogP contribution in [0.5, 0.6) is 0 Å². The Kier molecular flexibility index (Phi) is 3.60. The van der Waals surface area contributed by atoms with E-state index < -0.39 is 0 Å². The number of hydrogen-bond donors (Lipinski definition) is 2. The van der Waals surface area contributed by atoms with Crippen LogP contribution < -0.4 is 11.2 Å². The lowest BCUT2D eigenvalue weighted by atomic mass is 10.3. The number of carbonyl (C=O) groups excluding carboxylic acids is 1. The second kappa shape index (κ2) is 4.99. The number of likely N-dealkylation sites (N-methyl/N-ethyl adjacent to an activating group) is 1. The second-order valence-electron chi connectivity index (χ2n) is 4.20. The van der Waals surface area contributed by atoms with Crippen molar-refractivity contribution in [3.05, 3.63) is 10.6 Å². The molecular formula is C10H17N5OS. The smallest absolute Gasteiger partial charge is 0.277 e. The van der Waals surface area contributed by atoms with Crippen LogP contribution in [0.2, 0.25) is 0 Å². The van der Waals surface area contributed by atoms with Crippen LogP contribution in [0.25, 0.3) is 0 Å². The van der Waals surface area contributed by atoms with Gasteiger partial charge in [0.25, 0.3) is 5.91 Å². The monoisotopic (exact) mass is 255 g/mol. The molecule has 2 heterocycles. The van der Waals surface area contributed by atoms with E-state index in [0.29, 0.717) is 15.7 Å². The van der Waals surface area contributed by atoms with Gasteiger partial charge in [-0.25, -0.2) is 9.99 Å². The van der Waals surface area contributed by atoms with E-state index in [-0.39, 0.29) is 5.91 Å². The number of carbonyl (C=O) groups is 1. The molecule has 1 amide bonds. The first-order valence-corrected chi connectivity index (χ1v) is 6.35. The maximum atomic E-state index is 12.0. The SMILES string of the molecule is Cc1nc(N)sc1C(=O)NN1CCN(C)CC1. The Morgan fingerprint density at radius 2 is 2.06 bits per heavy atom. The van der Waals surface area contributed by atoms with E-state index in [2.05, 4.69) is 22.4 Å². The molecule has 0 atom stereocenters. The summed E-state index contributed by atoms with van der Waals surface area (Å²) in [5, 5.41) is 2.38. The molecule has 0 aromatic carbocycles. The van der Waals surface area contributed by atoms with Gasteiger partial charge in [-0.1, -0.05) is 11.3 Å². The Hall–Kier alpha value is -1.18. The Balaban J connectivity index is 1.95. The highest BCUT2D eigenvalue weighted by atomic mass is 32.1. The van der Waals surface area contributed by atoms with Gasteiger partial charge in [-0.3, -0.25) is 10.2 Å². The lowest BCUT2D eigenvalue weighted by Gasteiger charge is -2.32. The molecule has 6 nitrogen and oxygen atoms in total. The molecule has 17 heavy (non-hydrogen) atoms. The van der Waals surface area contributed by atoms with Gasteiger partial charge in [-0.15, -0.1) is 0 Å². The second-order valence-corrected chi connectivity index (χ2v) is 5.23. The minimum atomic E-state index is -0.110. The summed E-state index contributed by atoms with van der Waals surface area (Å²) in [4.78, 5) is 18.9. The topological polar surface area (TPSA) is 74.5 Å². The zero-order chi connectivity index (χ0) is 12.4. The number of nitrogens with zero attached hydrogens (tertiary/aromatic N) is 3. The van der Waals surface area contributed by atoms with E-state index in [0.717, 1.165) is 26.2 Å². The summed E-state index contributed by atoms with van der Waals surface area (Å²) in [6, 6.07) is 0. The Bertz CT molecular complexity index is 411. The summed E-state index contributed by atoms with van der Waals surface area (Å²) in [6.07, 6.45) is 0. The summed E-state index contributed by atoms with van der Waals surface area (Å²) >= 11 is 1.23. The maximum absolute atomic E-state index is 12.0. The third-order valence-electron chi connectivity index (χ3n) is 2.78. The Morgan fingerprint density at radius 3 is 2.59 bits per heavy atom. The van der Waals surface area contributed by atoms with Crippen molar-refractivity contribution in [2.45, 2.75) is 6.92 Å². The number of nitrogens with two attached hydrogens (primary N) is 1. The number of aromatic nitrogens is 1. The molecule has 0 radical (unpaired) electrons.